The van der Waals surface area contributed by atoms with E-state index in [1.165, 1.54) is 11.6 Å². The van der Waals surface area contributed by atoms with E-state index >= 15 is 0 Å². The van der Waals surface area contributed by atoms with Gasteiger partial charge >= 0.3 is 5.97 Å². The monoisotopic (exact) mass is 154 g/mol. The molecule has 0 aromatic rings. The number of carboxylic acids is 1. The van der Waals surface area contributed by atoms with Crippen molar-refractivity contribution in [3.05, 3.63) is 23.8 Å². The number of aliphatic carboxylic acids is 1. The zero-order chi connectivity index (χ0) is 8.69. The second kappa shape index (κ2) is 5.71. The number of rotatable bonds is 4. The second-order valence-electron chi connectivity index (χ2n) is 2.60. The molecule has 0 radical (unpaired) electrons. The fourth-order valence-electron chi connectivity index (χ4n) is 0.652. The first-order chi connectivity index (χ1) is 5.13. The molecule has 1 N–H and O–H groups in total. The van der Waals surface area contributed by atoms with Crippen molar-refractivity contribution < 1.29 is 9.90 Å². The Labute approximate surface area is 67.2 Å². The number of carbonyl (C=O) groups is 1. The lowest BCUT2D eigenvalue weighted by Crippen LogP contribution is -1.85. The maximum absolute atomic E-state index is 9.99. The van der Waals surface area contributed by atoms with Crippen LogP contribution in [0, 0.1) is 0 Å². The number of allylic oxidation sites excluding steroid dienone is 3. The van der Waals surface area contributed by atoms with E-state index in [1.807, 2.05) is 13.8 Å². The molecule has 0 unspecified atom stereocenters. The maximum Gasteiger partial charge on any atom is 0.327 e. The average molecular weight is 154 g/mol. The van der Waals surface area contributed by atoms with Crippen LogP contribution < -0.4 is 0 Å². The summed E-state index contributed by atoms with van der Waals surface area (Å²) in [4.78, 5) is 9.99. The van der Waals surface area contributed by atoms with Gasteiger partial charge in [-0.25, -0.2) is 4.79 Å². The number of hydrogen-bond donors (Lipinski definition) is 1. The minimum Gasteiger partial charge on any atom is -0.478 e. The first-order valence-electron chi connectivity index (χ1n) is 3.65. The van der Waals surface area contributed by atoms with Gasteiger partial charge in [-0.15, -0.1) is 0 Å². The molecule has 0 saturated carbocycles. The van der Waals surface area contributed by atoms with Crippen LogP contribution in [0.15, 0.2) is 23.8 Å². The lowest BCUT2D eigenvalue weighted by molar-refractivity contribution is -0.131. The van der Waals surface area contributed by atoms with Crippen molar-refractivity contribution in [3.63, 3.8) is 0 Å². The molecule has 0 aromatic heterocycles. The van der Waals surface area contributed by atoms with E-state index < -0.39 is 5.97 Å². The molecule has 0 bridgehead atoms. The molecule has 2 nitrogen and oxygen atoms in total. The molecule has 0 aromatic carbocycles. The van der Waals surface area contributed by atoms with Gasteiger partial charge in [0.2, 0.25) is 0 Å². The molecule has 0 aliphatic heterocycles. The summed E-state index contributed by atoms with van der Waals surface area (Å²) < 4.78 is 0. The van der Waals surface area contributed by atoms with E-state index in [2.05, 4.69) is 6.08 Å². The van der Waals surface area contributed by atoms with Crippen LogP contribution in [-0.4, -0.2) is 11.1 Å². The fraction of sp³-hybridized carbons (Fsp3) is 0.444. The highest BCUT2D eigenvalue weighted by Gasteiger charge is 1.83. The van der Waals surface area contributed by atoms with Crippen LogP contribution in [-0.2, 0) is 4.79 Å². The van der Waals surface area contributed by atoms with E-state index in [0.717, 1.165) is 12.8 Å². The molecule has 0 heterocycles. The van der Waals surface area contributed by atoms with E-state index in [9.17, 15) is 4.79 Å². The van der Waals surface area contributed by atoms with Gasteiger partial charge in [-0.3, -0.25) is 0 Å². The molecule has 0 aliphatic rings. The highest BCUT2D eigenvalue weighted by atomic mass is 16.4. The topological polar surface area (TPSA) is 37.3 Å². The van der Waals surface area contributed by atoms with Crippen molar-refractivity contribution in [1.82, 2.24) is 0 Å². The molecule has 0 amide bonds. The van der Waals surface area contributed by atoms with Crippen LogP contribution in [0.4, 0.5) is 0 Å². The average Bonchev–Trinajstić information content (AvgIpc) is 1.85. The lowest BCUT2D eigenvalue weighted by Gasteiger charge is -1.87. The van der Waals surface area contributed by atoms with E-state index in [4.69, 9.17) is 5.11 Å². The molecular formula is C9H14O2. The first kappa shape index (κ1) is 9.95. The van der Waals surface area contributed by atoms with Crippen molar-refractivity contribution in [3.8, 4) is 0 Å². The Morgan fingerprint density at radius 2 is 2.00 bits per heavy atom. The van der Waals surface area contributed by atoms with Crippen LogP contribution in [0.5, 0.6) is 0 Å². The summed E-state index contributed by atoms with van der Waals surface area (Å²) in [5.74, 6) is -0.873. The van der Waals surface area contributed by atoms with Crippen LogP contribution in [0.2, 0.25) is 0 Å². The lowest BCUT2D eigenvalue weighted by atomic mass is 10.2. The Kier molecular flexibility index (Phi) is 5.17. The normalized spacial score (nSPS) is 10.0. The molecule has 0 spiro atoms. The summed E-state index contributed by atoms with van der Waals surface area (Å²) in [7, 11) is 0. The molecule has 0 aliphatic carbocycles. The largest absolute Gasteiger partial charge is 0.478 e. The summed E-state index contributed by atoms with van der Waals surface area (Å²) in [6, 6.07) is 0. The first-order valence-corrected chi connectivity index (χ1v) is 3.65. The smallest absolute Gasteiger partial charge is 0.327 e. The van der Waals surface area contributed by atoms with Crippen molar-refractivity contribution in [2.24, 2.45) is 0 Å². The highest BCUT2D eigenvalue weighted by Crippen LogP contribution is 1.97. The van der Waals surface area contributed by atoms with Crippen LogP contribution in [0.1, 0.15) is 26.7 Å². The summed E-state index contributed by atoms with van der Waals surface area (Å²) in [5.41, 5.74) is 1.27. The molecule has 11 heavy (non-hydrogen) atoms. The van der Waals surface area contributed by atoms with Crippen LogP contribution in [0.25, 0.3) is 0 Å². The van der Waals surface area contributed by atoms with E-state index in [0.29, 0.717) is 0 Å². The summed E-state index contributed by atoms with van der Waals surface area (Å²) in [6.07, 6.45) is 6.66. The Balaban J connectivity index is 3.42. The number of hydrogen-bond acceptors (Lipinski definition) is 1. The summed E-state index contributed by atoms with van der Waals surface area (Å²) >= 11 is 0. The third kappa shape index (κ3) is 8.95. The van der Waals surface area contributed by atoms with Gasteiger partial charge in [0.1, 0.15) is 0 Å². The van der Waals surface area contributed by atoms with Gasteiger partial charge in [-0.05, 0) is 26.7 Å². The predicted octanol–water partition coefficient (Wildman–Crippen LogP) is 2.37. The summed E-state index contributed by atoms with van der Waals surface area (Å²) in [6.45, 7) is 4.06. The number of carboxylic acid groups (broad SMARTS) is 1. The third-order valence-corrected chi connectivity index (χ3v) is 1.15. The summed E-state index contributed by atoms with van der Waals surface area (Å²) in [5, 5.41) is 8.22. The second-order valence-corrected chi connectivity index (χ2v) is 2.60. The minimum absolute atomic E-state index is 0.803. The molecule has 0 fully saturated rings. The number of unbranched alkanes of at least 4 members (excludes halogenated alkanes) is 1. The molecule has 2 heteroatoms. The molecule has 0 atom stereocenters. The van der Waals surface area contributed by atoms with Crippen LogP contribution in [0.3, 0.4) is 0 Å². The predicted molar refractivity (Wildman–Crippen MR) is 45.4 cm³/mol. The molecule has 0 saturated heterocycles. The zero-order valence-electron chi connectivity index (χ0n) is 7.00. The van der Waals surface area contributed by atoms with Gasteiger partial charge in [-0.1, -0.05) is 17.7 Å². The van der Waals surface area contributed by atoms with Gasteiger partial charge in [0.15, 0.2) is 0 Å². The Bertz CT molecular complexity index is 174. The van der Waals surface area contributed by atoms with Crippen molar-refractivity contribution >= 4 is 5.97 Å². The van der Waals surface area contributed by atoms with Crippen molar-refractivity contribution in [1.29, 1.82) is 0 Å². The zero-order valence-corrected chi connectivity index (χ0v) is 7.00. The van der Waals surface area contributed by atoms with E-state index in [1.54, 1.807) is 6.08 Å². The Morgan fingerprint density at radius 1 is 1.36 bits per heavy atom. The maximum atomic E-state index is 9.99. The fourth-order valence-corrected chi connectivity index (χ4v) is 0.652. The van der Waals surface area contributed by atoms with Gasteiger partial charge in [-0.2, -0.15) is 0 Å². The minimum atomic E-state index is -0.873. The van der Waals surface area contributed by atoms with Crippen LogP contribution >= 0.6 is 0 Å². The SMILES string of the molecule is CC(C)=CCCC=CC(=O)O. The third-order valence-electron chi connectivity index (χ3n) is 1.15. The quantitative estimate of drug-likeness (QED) is 0.383. The van der Waals surface area contributed by atoms with Gasteiger partial charge in [0.05, 0.1) is 0 Å². The Hall–Kier alpha value is -1.05. The van der Waals surface area contributed by atoms with Gasteiger partial charge < -0.3 is 5.11 Å². The van der Waals surface area contributed by atoms with E-state index in [-0.39, 0.29) is 0 Å². The standard InChI is InChI=1S/C9H14O2/c1-8(2)6-4-3-5-7-9(10)11/h5-7H,3-4H2,1-2H3,(H,10,11). The van der Waals surface area contributed by atoms with Crippen molar-refractivity contribution in [2.45, 2.75) is 26.7 Å². The van der Waals surface area contributed by atoms with Gasteiger partial charge in [0.25, 0.3) is 0 Å². The molecule has 0 rings (SSSR count). The van der Waals surface area contributed by atoms with Gasteiger partial charge in [0, 0.05) is 6.08 Å². The highest BCUT2D eigenvalue weighted by molar-refractivity contribution is 5.79. The molecular weight excluding hydrogens is 140 g/mol. The molecule has 62 valence electrons. The van der Waals surface area contributed by atoms with Crippen molar-refractivity contribution in [2.75, 3.05) is 0 Å². The Morgan fingerprint density at radius 3 is 2.45 bits per heavy atom.